The second kappa shape index (κ2) is 5.45. The molecule has 98 valence electrons. The van der Waals surface area contributed by atoms with Crippen molar-refractivity contribution in [3.8, 4) is 0 Å². The lowest BCUT2D eigenvalue weighted by atomic mass is 10.1. The lowest BCUT2D eigenvalue weighted by Gasteiger charge is -2.23. The van der Waals surface area contributed by atoms with Gasteiger partial charge in [-0.25, -0.2) is 0 Å². The molecule has 1 N–H and O–H groups in total. The van der Waals surface area contributed by atoms with Gasteiger partial charge in [0.15, 0.2) is 0 Å². The Balaban J connectivity index is 1.85. The normalized spacial score (nSPS) is 20.2. The van der Waals surface area contributed by atoms with E-state index in [4.69, 9.17) is 4.74 Å². The summed E-state index contributed by atoms with van der Waals surface area (Å²) in [5, 5.41) is 3.57. The number of fused-ring (bicyclic) bond motifs is 1. The van der Waals surface area contributed by atoms with E-state index in [0.29, 0.717) is 0 Å². The van der Waals surface area contributed by atoms with Gasteiger partial charge in [0.25, 0.3) is 0 Å². The third kappa shape index (κ3) is 2.34. The van der Waals surface area contributed by atoms with E-state index in [-0.39, 0.29) is 6.04 Å². The molecule has 0 bridgehead atoms. The summed E-state index contributed by atoms with van der Waals surface area (Å²) in [5.41, 5.74) is 1.58. The average molecular weight is 263 g/mol. The van der Waals surface area contributed by atoms with Gasteiger partial charge in [-0.2, -0.15) is 0 Å². The average Bonchev–Trinajstić information content (AvgIpc) is 2.97. The van der Waals surface area contributed by atoms with E-state index < -0.39 is 0 Å². The number of aryl methyl sites for hydroxylation is 2. The van der Waals surface area contributed by atoms with Crippen molar-refractivity contribution in [1.82, 2.24) is 5.32 Å². The van der Waals surface area contributed by atoms with E-state index in [0.717, 1.165) is 31.8 Å². The van der Waals surface area contributed by atoms with Gasteiger partial charge in [0.2, 0.25) is 0 Å². The van der Waals surface area contributed by atoms with E-state index in [1.54, 1.807) is 10.4 Å². The molecule has 1 aromatic rings. The van der Waals surface area contributed by atoms with Crippen molar-refractivity contribution < 1.29 is 4.74 Å². The summed E-state index contributed by atoms with van der Waals surface area (Å²) < 4.78 is 5.85. The number of likely N-dealkylation sites (N-methyl/N-ethyl adjacent to an activating group) is 1. The van der Waals surface area contributed by atoms with Crippen LogP contribution in [0.3, 0.4) is 0 Å². The van der Waals surface area contributed by atoms with Crippen LogP contribution in [0.25, 0.3) is 0 Å². The number of thiophene rings is 1. The lowest BCUT2D eigenvalue weighted by molar-refractivity contribution is 0.169. The Kier molecular flexibility index (Phi) is 3.71. The smallest absolute Gasteiger partial charge is 0.114 e. The zero-order chi connectivity index (χ0) is 12.4. The third-order valence-corrected chi connectivity index (χ3v) is 5.01. The fraction of sp³-hybridized carbons (Fsp3) is 0.600. The van der Waals surface area contributed by atoms with E-state index in [1.165, 1.54) is 24.1 Å². The minimum atomic E-state index is 0.283. The van der Waals surface area contributed by atoms with Crippen LogP contribution in [0.15, 0.2) is 17.9 Å². The second-order valence-electron chi connectivity index (χ2n) is 5.04. The van der Waals surface area contributed by atoms with Gasteiger partial charge in [0, 0.05) is 9.75 Å². The van der Waals surface area contributed by atoms with E-state index in [1.807, 2.05) is 11.3 Å². The van der Waals surface area contributed by atoms with Gasteiger partial charge < -0.3 is 10.1 Å². The summed E-state index contributed by atoms with van der Waals surface area (Å²) >= 11 is 1.98. The number of allylic oxidation sites excluding steroid dienone is 1. The minimum absolute atomic E-state index is 0.283. The van der Waals surface area contributed by atoms with Crippen molar-refractivity contribution >= 4 is 11.3 Å². The Morgan fingerprint density at radius 2 is 2.33 bits per heavy atom. The molecule has 2 heterocycles. The van der Waals surface area contributed by atoms with Crippen LogP contribution in [0.5, 0.6) is 0 Å². The van der Waals surface area contributed by atoms with Crippen molar-refractivity contribution in [3.05, 3.63) is 33.2 Å². The van der Waals surface area contributed by atoms with Crippen LogP contribution in [0.1, 0.15) is 47.5 Å². The standard InChI is InChI=1S/C15H21NOS/c1-2-16-15(12-7-3-4-9-17-12)14-10-11-6-5-8-13(11)18-14/h7,10,15-16H,2-6,8-9H2,1H3. The molecule has 18 heavy (non-hydrogen) atoms. The van der Waals surface area contributed by atoms with E-state index >= 15 is 0 Å². The maximum atomic E-state index is 5.85. The van der Waals surface area contributed by atoms with Crippen molar-refractivity contribution in [2.45, 2.75) is 45.1 Å². The lowest BCUT2D eigenvalue weighted by Crippen LogP contribution is -2.24. The fourth-order valence-corrected chi connectivity index (χ4v) is 4.16. The summed E-state index contributed by atoms with van der Waals surface area (Å²) in [6.07, 6.45) is 8.46. The fourth-order valence-electron chi connectivity index (χ4n) is 2.82. The first kappa shape index (κ1) is 12.2. The summed E-state index contributed by atoms with van der Waals surface area (Å²) in [5.74, 6) is 1.14. The molecule has 0 saturated heterocycles. The molecule has 0 saturated carbocycles. The number of hydrogen-bond donors (Lipinski definition) is 1. The van der Waals surface area contributed by atoms with Crippen LogP contribution in [0.4, 0.5) is 0 Å². The molecule has 3 rings (SSSR count). The molecule has 0 spiro atoms. The SMILES string of the molecule is CCNC(C1=CCCCO1)c1cc2c(s1)CCC2. The Bertz CT molecular complexity index is 428. The second-order valence-corrected chi connectivity index (χ2v) is 6.21. The molecule has 2 nitrogen and oxygen atoms in total. The highest BCUT2D eigenvalue weighted by Crippen LogP contribution is 2.37. The third-order valence-electron chi connectivity index (χ3n) is 3.71. The van der Waals surface area contributed by atoms with Crippen molar-refractivity contribution in [2.75, 3.05) is 13.2 Å². The number of nitrogens with one attached hydrogen (secondary N) is 1. The van der Waals surface area contributed by atoms with Gasteiger partial charge in [-0.05, 0) is 56.4 Å². The van der Waals surface area contributed by atoms with Crippen molar-refractivity contribution in [2.24, 2.45) is 0 Å². The molecule has 1 atom stereocenters. The van der Waals surface area contributed by atoms with Crippen molar-refractivity contribution in [3.63, 3.8) is 0 Å². The first-order valence-corrected chi connectivity index (χ1v) is 7.88. The first-order valence-electron chi connectivity index (χ1n) is 7.06. The molecule has 2 aliphatic rings. The molecular formula is C15H21NOS. The highest BCUT2D eigenvalue weighted by Gasteiger charge is 2.24. The van der Waals surface area contributed by atoms with Gasteiger partial charge in [0.1, 0.15) is 5.76 Å². The maximum absolute atomic E-state index is 5.85. The van der Waals surface area contributed by atoms with Crippen molar-refractivity contribution in [1.29, 1.82) is 0 Å². The molecule has 0 amide bonds. The predicted molar refractivity (Wildman–Crippen MR) is 76.0 cm³/mol. The van der Waals surface area contributed by atoms with E-state index in [2.05, 4.69) is 24.4 Å². The number of hydrogen-bond acceptors (Lipinski definition) is 3. The van der Waals surface area contributed by atoms with Gasteiger partial charge in [-0.3, -0.25) is 0 Å². The minimum Gasteiger partial charge on any atom is -0.496 e. The van der Waals surface area contributed by atoms with Gasteiger partial charge >= 0.3 is 0 Å². The van der Waals surface area contributed by atoms with Crippen LogP contribution < -0.4 is 5.32 Å². The van der Waals surface area contributed by atoms with Crippen LogP contribution in [0, 0.1) is 0 Å². The Hall–Kier alpha value is -0.800. The van der Waals surface area contributed by atoms with Crippen LogP contribution in [-0.4, -0.2) is 13.2 Å². The molecule has 1 unspecified atom stereocenters. The molecule has 3 heteroatoms. The summed E-state index contributed by atoms with van der Waals surface area (Å²) in [4.78, 5) is 3.04. The molecular weight excluding hydrogens is 242 g/mol. The Morgan fingerprint density at radius 1 is 1.39 bits per heavy atom. The largest absolute Gasteiger partial charge is 0.496 e. The van der Waals surface area contributed by atoms with Crippen LogP contribution in [0.2, 0.25) is 0 Å². The maximum Gasteiger partial charge on any atom is 0.114 e. The summed E-state index contributed by atoms with van der Waals surface area (Å²) in [7, 11) is 0. The van der Waals surface area contributed by atoms with Gasteiger partial charge in [0.05, 0.1) is 12.6 Å². The topological polar surface area (TPSA) is 21.3 Å². The summed E-state index contributed by atoms with van der Waals surface area (Å²) in [6.45, 7) is 4.02. The highest BCUT2D eigenvalue weighted by atomic mass is 32.1. The van der Waals surface area contributed by atoms with Gasteiger partial charge in [-0.1, -0.05) is 6.92 Å². The molecule has 1 aromatic heterocycles. The Labute approximate surface area is 113 Å². The highest BCUT2D eigenvalue weighted by molar-refractivity contribution is 7.12. The number of ether oxygens (including phenoxy) is 1. The zero-order valence-corrected chi connectivity index (χ0v) is 11.8. The first-order chi connectivity index (χ1) is 8.88. The molecule has 1 aliphatic carbocycles. The predicted octanol–water partition coefficient (Wildman–Crippen LogP) is 3.58. The zero-order valence-electron chi connectivity index (χ0n) is 11.0. The Morgan fingerprint density at radius 3 is 3.06 bits per heavy atom. The van der Waals surface area contributed by atoms with E-state index in [9.17, 15) is 0 Å². The molecule has 0 fully saturated rings. The van der Waals surface area contributed by atoms with Crippen LogP contribution in [-0.2, 0) is 17.6 Å². The summed E-state index contributed by atoms with van der Waals surface area (Å²) in [6, 6.07) is 2.69. The molecule has 0 aromatic carbocycles. The molecule has 0 radical (unpaired) electrons. The monoisotopic (exact) mass is 263 g/mol. The quantitative estimate of drug-likeness (QED) is 0.896. The van der Waals surface area contributed by atoms with Crippen LogP contribution >= 0.6 is 11.3 Å². The van der Waals surface area contributed by atoms with Gasteiger partial charge in [-0.15, -0.1) is 11.3 Å². The number of rotatable bonds is 4. The molecule has 1 aliphatic heterocycles.